The molecule has 0 saturated heterocycles. The molecule has 1 aliphatic rings. The van der Waals surface area contributed by atoms with E-state index in [1.807, 2.05) is 0 Å². The fourth-order valence-electron chi connectivity index (χ4n) is 1.50. The van der Waals surface area contributed by atoms with Crippen LogP contribution in [0.3, 0.4) is 0 Å². The molecule has 1 fully saturated rings. The van der Waals surface area contributed by atoms with Gasteiger partial charge in [-0.1, -0.05) is 11.3 Å². The molecule has 0 radical (unpaired) electrons. The number of carbonyl (C=O) groups is 2. The Bertz CT molecular complexity index is 502. The molecule has 6 nitrogen and oxygen atoms in total. The van der Waals surface area contributed by atoms with Gasteiger partial charge >= 0.3 is 12.1 Å². The Morgan fingerprint density at radius 2 is 2.11 bits per heavy atom. The number of nitrogens with zero attached hydrogens (tertiary/aromatic N) is 2. The average molecular weight is 284 g/mol. The van der Waals surface area contributed by atoms with E-state index in [1.165, 1.54) is 11.1 Å². The lowest BCUT2D eigenvalue weighted by Gasteiger charge is -2.25. The van der Waals surface area contributed by atoms with E-state index in [-0.39, 0.29) is 10.9 Å². The molecule has 2 rings (SSSR count). The Morgan fingerprint density at radius 1 is 1.47 bits per heavy atom. The number of anilines is 1. The molecule has 104 valence electrons. The van der Waals surface area contributed by atoms with E-state index in [9.17, 15) is 9.59 Å². The van der Waals surface area contributed by atoms with Crippen LogP contribution in [0.2, 0.25) is 0 Å². The van der Waals surface area contributed by atoms with E-state index in [1.54, 1.807) is 20.8 Å². The number of ether oxygens (including phenoxy) is 1. The minimum Gasteiger partial charge on any atom is -0.477 e. The molecule has 1 N–H and O–H groups in total. The zero-order valence-electron chi connectivity index (χ0n) is 11.0. The highest BCUT2D eigenvalue weighted by molar-refractivity contribution is 7.17. The van der Waals surface area contributed by atoms with Crippen LogP contribution in [0.15, 0.2) is 6.20 Å². The van der Waals surface area contributed by atoms with E-state index < -0.39 is 17.7 Å². The molecule has 1 aliphatic carbocycles. The van der Waals surface area contributed by atoms with Gasteiger partial charge in [0.15, 0.2) is 5.13 Å². The van der Waals surface area contributed by atoms with Crippen LogP contribution in [0.25, 0.3) is 0 Å². The Balaban J connectivity index is 2.20. The number of hydrogen-bond acceptors (Lipinski definition) is 5. The molecule has 0 atom stereocenters. The second-order valence-corrected chi connectivity index (χ2v) is 6.40. The van der Waals surface area contributed by atoms with Gasteiger partial charge in [0, 0.05) is 6.04 Å². The van der Waals surface area contributed by atoms with Gasteiger partial charge in [0.25, 0.3) is 0 Å². The molecule has 1 aromatic rings. The average Bonchev–Trinajstić information content (AvgIpc) is 2.92. The predicted octanol–water partition coefficient (Wildman–Crippen LogP) is 2.75. The highest BCUT2D eigenvalue weighted by Crippen LogP contribution is 2.35. The van der Waals surface area contributed by atoms with Crippen molar-refractivity contribution in [1.29, 1.82) is 0 Å². The van der Waals surface area contributed by atoms with Crippen LogP contribution in [-0.4, -0.2) is 33.8 Å². The summed E-state index contributed by atoms with van der Waals surface area (Å²) in [7, 11) is 0. The smallest absolute Gasteiger partial charge is 0.416 e. The zero-order valence-corrected chi connectivity index (χ0v) is 11.9. The lowest BCUT2D eigenvalue weighted by atomic mass is 10.2. The number of rotatable bonds is 3. The second-order valence-electron chi connectivity index (χ2n) is 5.39. The summed E-state index contributed by atoms with van der Waals surface area (Å²) in [5.74, 6) is -1.04. The summed E-state index contributed by atoms with van der Waals surface area (Å²) >= 11 is 0.986. The predicted molar refractivity (Wildman–Crippen MR) is 70.8 cm³/mol. The van der Waals surface area contributed by atoms with Gasteiger partial charge in [-0.2, -0.15) is 0 Å². The molecule has 0 aliphatic heterocycles. The zero-order chi connectivity index (χ0) is 14.2. The van der Waals surface area contributed by atoms with Crippen LogP contribution >= 0.6 is 11.3 Å². The molecule has 1 amide bonds. The summed E-state index contributed by atoms with van der Waals surface area (Å²) in [5.41, 5.74) is -0.586. The fraction of sp³-hybridized carbons (Fsp3) is 0.583. The Hall–Kier alpha value is -1.63. The topological polar surface area (TPSA) is 79.7 Å². The van der Waals surface area contributed by atoms with Crippen molar-refractivity contribution in [3.63, 3.8) is 0 Å². The Labute approximate surface area is 115 Å². The van der Waals surface area contributed by atoms with Gasteiger partial charge in [-0.05, 0) is 33.6 Å². The lowest BCUT2D eigenvalue weighted by molar-refractivity contribution is 0.0576. The van der Waals surface area contributed by atoms with Crippen molar-refractivity contribution in [2.24, 2.45) is 0 Å². The van der Waals surface area contributed by atoms with Crippen LogP contribution in [0.5, 0.6) is 0 Å². The summed E-state index contributed by atoms with van der Waals surface area (Å²) in [6, 6.07) is 0.0719. The van der Waals surface area contributed by atoms with Crippen LogP contribution in [0, 0.1) is 0 Å². The molecule has 1 saturated carbocycles. The van der Waals surface area contributed by atoms with Gasteiger partial charge < -0.3 is 9.84 Å². The van der Waals surface area contributed by atoms with Crippen LogP contribution in [0.4, 0.5) is 9.93 Å². The third-order valence-corrected chi connectivity index (χ3v) is 3.40. The maximum absolute atomic E-state index is 12.1. The fourth-order valence-corrected chi connectivity index (χ4v) is 2.32. The Kier molecular flexibility index (Phi) is 3.49. The summed E-state index contributed by atoms with van der Waals surface area (Å²) in [6.45, 7) is 5.38. The summed E-state index contributed by atoms with van der Waals surface area (Å²) in [6.07, 6.45) is 2.58. The largest absolute Gasteiger partial charge is 0.477 e. The van der Waals surface area contributed by atoms with E-state index in [2.05, 4.69) is 4.98 Å². The molecule has 0 spiro atoms. The molecule has 0 aromatic carbocycles. The van der Waals surface area contributed by atoms with Gasteiger partial charge in [0.1, 0.15) is 10.5 Å². The summed E-state index contributed by atoms with van der Waals surface area (Å²) in [5, 5.41) is 9.28. The molecule has 1 aromatic heterocycles. The van der Waals surface area contributed by atoms with Gasteiger partial charge in [-0.15, -0.1) is 0 Å². The van der Waals surface area contributed by atoms with E-state index in [0.29, 0.717) is 5.13 Å². The van der Waals surface area contributed by atoms with Crippen LogP contribution in [0.1, 0.15) is 43.3 Å². The molecular weight excluding hydrogens is 268 g/mol. The lowest BCUT2D eigenvalue weighted by Crippen LogP contribution is -2.38. The third kappa shape index (κ3) is 3.44. The minimum absolute atomic E-state index is 0.0719. The van der Waals surface area contributed by atoms with Crippen molar-refractivity contribution in [2.75, 3.05) is 4.90 Å². The molecule has 19 heavy (non-hydrogen) atoms. The molecule has 0 bridgehead atoms. The van der Waals surface area contributed by atoms with Crippen molar-refractivity contribution >= 4 is 28.5 Å². The van der Waals surface area contributed by atoms with E-state index in [0.717, 1.165) is 24.2 Å². The van der Waals surface area contributed by atoms with Crippen molar-refractivity contribution in [2.45, 2.75) is 45.3 Å². The number of thiazole rings is 1. The quantitative estimate of drug-likeness (QED) is 0.923. The van der Waals surface area contributed by atoms with Crippen molar-refractivity contribution in [3.05, 3.63) is 11.1 Å². The standard InChI is InChI=1S/C12H16N2O4S/c1-12(2,3)18-11(17)14(7-4-5-7)10-13-6-8(19-10)9(15)16/h6-7H,4-5H2,1-3H3,(H,15,16). The van der Waals surface area contributed by atoms with Gasteiger partial charge in [0.05, 0.1) is 6.20 Å². The summed E-state index contributed by atoms with van der Waals surface area (Å²) in [4.78, 5) is 28.6. The summed E-state index contributed by atoms with van der Waals surface area (Å²) < 4.78 is 5.33. The number of aromatic nitrogens is 1. The first kappa shape index (κ1) is 13.8. The van der Waals surface area contributed by atoms with Crippen LogP contribution in [-0.2, 0) is 4.74 Å². The first-order chi connectivity index (χ1) is 8.78. The minimum atomic E-state index is -1.04. The number of carbonyl (C=O) groups excluding carboxylic acids is 1. The molecule has 0 unspecified atom stereocenters. The molecular formula is C12H16N2O4S. The highest BCUT2D eigenvalue weighted by atomic mass is 32.1. The maximum Gasteiger partial charge on any atom is 0.416 e. The first-order valence-corrected chi connectivity index (χ1v) is 6.81. The monoisotopic (exact) mass is 284 g/mol. The molecule has 1 heterocycles. The number of hydrogen-bond donors (Lipinski definition) is 1. The number of amides is 1. The number of carboxylic acid groups (broad SMARTS) is 1. The SMILES string of the molecule is CC(C)(C)OC(=O)N(c1ncc(C(=O)O)s1)C1CC1. The maximum atomic E-state index is 12.1. The van der Waals surface area contributed by atoms with Crippen molar-refractivity contribution < 1.29 is 19.4 Å². The highest BCUT2D eigenvalue weighted by Gasteiger charge is 2.38. The normalized spacial score (nSPS) is 15.1. The third-order valence-electron chi connectivity index (χ3n) is 2.41. The van der Waals surface area contributed by atoms with Crippen molar-refractivity contribution in [1.82, 2.24) is 4.98 Å². The Morgan fingerprint density at radius 3 is 2.53 bits per heavy atom. The van der Waals surface area contributed by atoms with Gasteiger partial charge in [-0.25, -0.2) is 19.5 Å². The van der Waals surface area contributed by atoms with Gasteiger partial charge in [0.2, 0.25) is 0 Å². The number of carboxylic acids is 1. The number of aromatic carboxylic acids is 1. The van der Waals surface area contributed by atoms with Crippen molar-refractivity contribution in [3.8, 4) is 0 Å². The second kappa shape index (κ2) is 4.80. The van der Waals surface area contributed by atoms with E-state index >= 15 is 0 Å². The first-order valence-electron chi connectivity index (χ1n) is 5.99. The van der Waals surface area contributed by atoms with E-state index in [4.69, 9.17) is 9.84 Å². The molecule has 7 heteroatoms. The van der Waals surface area contributed by atoms with Crippen LogP contribution < -0.4 is 4.90 Å². The van der Waals surface area contributed by atoms with Gasteiger partial charge in [-0.3, -0.25) is 0 Å².